The Hall–Kier alpha value is -3.22. The SMILES string of the molecule is CCOc1ccc(NC(=O)COC(=O)c2ccc3c(c2)OCO3)cc1. The highest BCUT2D eigenvalue weighted by Crippen LogP contribution is 2.32. The summed E-state index contributed by atoms with van der Waals surface area (Å²) < 4.78 is 20.7. The van der Waals surface area contributed by atoms with Gasteiger partial charge >= 0.3 is 5.97 Å². The maximum absolute atomic E-state index is 12.0. The van der Waals surface area contributed by atoms with Crippen LogP contribution in [0.15, 0.2) is 42.5 Å². The van der Waals surface area contributed by atoms with Gasteiger partial charge in [0.25, 0.3) is 5.91 Å². The molecule has 25 heavy (non-hydrogen) atoms. The molecule has 3 rings (SSSR count). The van der Waals surface area contributed by atoms with Crippen LogP contribution in [0.2, 0.25) is 0 Å². The van der Waals surface area contributed by atoms with E-state index < -0.39 is 11.9 Å². The van der Waals surface area contributed by atoms with E-state index in [0.717, 1.165) is 5.75 Å². The molecule has 0 radical (unpaired) electrons. The van der Waals surface area contributed by atoms with Gasteiger partial charge in [-0.2, -0.15) is 0 Å². The third kappa shape index (κ3) is 4.20. The molecule has 7 nitrogen and oxygen atoms in total. The van der Waals surface area contributed by atoms with Crippen LogP contribution in [-0.2, 0) is 9.53 Å². The standard InChI is InChI=1S/C18H17NO6/c1-2-22-14-6-4-13(5-7-14)19-17(20)10-23-18(21)12-3-8-15-16(9-12)25-11-24-15/h3-9H,2,10-11H2,1H3,(H,19,20). The predicted octanol–water partition coefficient (Wildman–Crippen LogP) is 2.61. The average Bonchev–Trinajstić information content (AvgIpc) is 3.09. The third-order valence-electron chi connectivity index (χ3n) is 3.39. The Kier molecular flexibility index (Phi) is 5.03. The molecule has 0 saturated carbocycles. The lowest BCUT2D eigenvalue weighted by Crippen LogP contribution is -2.20. The summed E-state index contributed by atoms with van der Waals surface area (Å²) in [7, 11) is 0. The molecule has 0 aromatic heterocycles. The number of hydrogen-bond donors (Lipinski definition) is 1. The molecule has 2 aromatic rings. The molecule has 1 aliphatic heterocycles. The number of carbonyl (C=O) groups excluding carboxylic acids is 2. The van der Waals surface area contributed by atoms with Crippen LogP contribution in [0.25, 0.3) is 0 Å². The Morgan fingerprint density at radius 2 is 1.84 bits per heavy atom. The van der Waals surface area contributed by atoms with Crippen LogP contribution in [0, 0.1) is 0 Å². The Morgan fingerprint density at radius 3 is 2.60 bits per heavy atom. The number of nitrogens with one attached hydrogen (secondary N) is 1. The highest BCUT2D eigenvalue weighted by atomic mass is 16.7. The van der Waals surface area contributed by atoms with E-state index in [0.29, 0.717) is 23.8 Å². The fraction of sp³-hybridized carbons (Fsp3) is 0.222. The number of fused-ring (bicyclic) bond motifs is 1. The maximum Gasteiger partial charge on any atom is 0.338 e. The highest BCUT2D eigenvalue weighted by Gasteiger charge is 2.17. The first-order valence-corrected chi connectivity index (χ1v) is 7.75. The van der Waals surface area contributed by atoms with Crippen molar-refractivity contribution >= 4 is 17.6 Å². The Morgan fingerprint density at radius 1 is 1.08 bits per heavy atom. The number of rotatable bonds is 6. The number of hydrogen-bond acceptors (Lipinski definition) is 6. The maximum atomic E-state index is 12.0. The molecule has 0 unspecified atom stereocenters. The van der Waals surface area contributed by atoms with Crippen molar-refractivity contribution in [3.63, 3.8) is 0 Å². The first kappa shape index (κ1) is 16.6. The molecule has 7 heteroatoms. The van der Waals surface area contributed by atoms with Gasteiger partial charge in [0.15, 0.2) is 18.1 Å². The number of carbonyl (C=O) groups is 2. The van der Waals surface area contributed by atoms with E-state index >= 15 is 0 Å². The fourth-order valence-corrected chi connectivity index (χ4v) is 2.24. The second-order valence-electron chi connectivity index (χ2n) is 5.15. The van der Waals surface area contributed by atoms with E-state index in [1.807, 2.05) is 6.92 Å². The molecule has 2 aromatic carbocycles. The van der Waals surface area contributed by atoms with Crippen molar-refractivity contribution in [3.05, 3.63) is 48.0 Å². The van der Waals surface area contributed by atoms with E-state index in [9.17, 15) is 9.59 Å². The van der Waals surface area contributed by atoms with Crippen LogP contribution >= 0.6 is 0 Å². The molecule has 0 saturated heterocycles. The van der Waals surface area contributed by atoms with Crippen molar-refractivity contribution in [3.8, 4) is 17.2 Å². The molecule has 0 aliphatic carbocycles. The van der Waals surface area contributed by atoms with E-state index in [4.69, 9.17) is 18.9 Å². The topological polar surface area (TPSA) is 83.1 Å². The second-order valence-corrected chi connectivity index (χ2v) is 5.15. The summed E-state index contributed by atoms with van der Waals surface area (Å²) in [5, 5.41) is 2.64. The molecular formula is C18H17NO6. The zero-order valence-electron chi connectivity index (χ0n) is 13.6. The smallest absolute Gasteiger partial charge is 0.338 e. The summed E-state index contributed by atoms with van der Waals surface area (Å²) in [6.07, 6.45) is 0. The van der Waals surface area contributed by atoms with Crippen molar-refractivity contribution in [2.24, 2.45) is 0 Å². The van der Waals surface area contributed by atoms with Crippen LogP contribution in [0.3, 0.4) is 0 Å². The van der Waals surface area contributed by atoms with Crippen molar-refractivity contribution in [1.82, 2.24) is 0 Å². The van der Waals surface area contributed by atoms with E-state index in [1.54, 1.807) is 36.4 Å². The van der Waals surface area contributed by atoms with Crippen LogP contribution in [0.4, 0.5) is 5.69 Å². The quantitative estimate of drug-likeness (QED) is 0.812. The van der Waals surface area contributed by atoms with Crippen LogP contribution < -0.4 is 19.5 Å². The number of ether oxygens (including phenoxy) is 4. The summed E-state index contributed by atoms with van der Waals surface area (Å²) in [5.74, 6) is 0.728. The molecule has 130 valence electrons. The Labute approximate surface area is 144 Å². The summed E-state index contributed by atoms with van der Waals surface area (Å²) in [4.78, 5) is 23.9. The van der Waals surface area contributed by atoms with Gasteiger partial charge in [-0.15, -0.1) is 0 Å². The lowest BCUT2D eigenvalue weighted by Gasteiger charge is -2.08. The van der Waals surface area contributed by atoms with Gasteiger partial charge in [0.05, 0.1) is 12.2 Å². The van der Waals surface area contributed by atoms with Crippen LogP contribution in [0.5, 0.6) is 17.2 Å². The minimum Gasteiger partial charge on any atom is -0.494 e. The van der Waals surface area contributed by atoms with E-state index in [-0.39, 0.29) is 19.0 Å². The first-order chi connectivity index (χ1) is 12.2. The van der Waals surface area contributed by atoms with Gasteiger partial charge in [-0.05, 0) is 49.4 Å². The zero-order chi connectivity index (χ0) is 17.6. The van der Waals surface area contributed by atoms with Crippen molar-refractivity contribution in [2.45, 2.75) is 6.92 Å². The van der Waals surface area contributed by atoms with Gasteiger partial charge in [-0.25, -0.2) is 4.79 Å². The number of anilines is 1. The molecule has 1 heterocycles. The lowest BCUT2D eigenvalue weighted by atomic mass is 10.2. The molecule has 1 amide bonds. The van der Waals surface area contributed by atoms with Gasteiger partial charge < -0.3 is 24.3 Å². The molecular weight excluding hydrogens is 326 g/mol. The summed E-state index contributed by atoms with van der Waals surface area (Å²) in [5.41, 5.74) is 0.880. The fourth-order valence-electron chi connectivity index (χ4n) is 2.24. The Bertz CT molecular complexity index is 772. The van der Waals surface area contributed by atoms with Gasteiger partial charge in [0, 0.05) is 5.69 Å². The molecule has 0 spiro atoms. The summed E-state index contributed by atoms with van der Waals surface area (Å²) in [6, 6.07) is 11.6. The van der Waals surface area contributed by atoms with Crippen molar-refractivity contribution in [1.29, 1.82) is 0 Å². The van der Waals surface area contributed by atoms with Gasteiger partial charge in [0.1, 0.15) is 5.75 Å². The van der Waals surface area contributed by atoms with E-state index in [2.05, 4.69) is 5.32 Å². The minimum atomic E-state index is -0.611. The number of benzene rings is 2. The van der Waals surface area contributed by atoms with Crippen LogP contribution in [-0.4, -0.2) is 31.9 Å². The van der Waals surface area contributed by atoms with Crippen LogP contribution in [0.1, 0.15) is 17.3 Å². The molecule has 0 atom stereocenters. The van der Waals surface area contributed by atoms with Gasteiger partial charge in [-0.1, -0.05) is 0 Å². The van der Waals surface area contributed by atoms with Gasteiger partial charge in [0.2, 0.25) is 6.79 Å². The molecule has 0 fully saturated rings. The largest absolute Gasteiger partial charge is 0.494 e. The number of esters is 1. The van der Waals surface area contributed by atoms with Crippen molar-refractivity contribution < 1.29 is 28.5 Å². The lowest BCUT2D eigenvalue weighted by molar-refractivity contribution is -0.119. The number of amides is 1. The summed E-state index contributed by atoms with van der Waals surface area (Å²) in [6.45, 7) is 2.20. The normalized spacial score (nSPS) is 11.7. The molecule has 0 bridgehead atoms. The second kappa shape index (κ2) is 7.57. The first-order valence-electron chi connectivity index (χ1n) is 7.75. The predicted molar refractivity (Wildman–Crippen MR) is 89.1 cm³/mol. The van der Waals surface area contributed by atoms with Gasteiger partial charge in [-0.3, -0.25) is 4.79 Å². The Balaban J connectivity index is 1.50. The molecule has 1 aliphatic rings. The summed E-state index contributed by atoms with van der Waals surface area (Å²) >= 11 is 0. The zero-order valence-corrected chi connectivity index (χ0v) is 13.6. The monoisotopic (exact) mass is 343 g/mol. The van der Waals surface area contributed by atoms with E-state index in [1.165, 1.54) is 6.07 Å². The minimum absolute atomic E-state index is 0.123. The molecule has 1 N–H and O–H groups in total. The third-order valence-corrected chi connectivity index (χ3v) is 3.39. The average molecular weight is 343 g/mol. The van der Waals surface area contributed by atoms with Crippen molar-refractivity contribution in [2.75, 3.05) is 25.3 Å². The highest BCUT2D eigenvalue weighted by molar-refractivity contribution is 5.95.